The Balaban J connectivity index is 0.00000512. The number of nitrogens with zero attached hydrogens (tertiary/aromatic N) is 1. The van der Waals surface area contributed by atoms with Crippen LogP contribution in [-0.4, -0.2) is 47.3 Å². The minimum Gasteiger partial charge on any atom is -0.507 e. The van der Waals surface area contributed by atoms with E-state index in [1.807, 2.05) is 17.0 Å². The van der Waals surface area contributed by atoms with Crippen molar-refractivity contribution < 1.29 is 9.90 Å². The Hall–Kier alpha value is -1.30. The summed E-state index contributed by atoms with van der Waals surface area (Å²) < 4.78 is 0. The summed E-state index contributed by atoms with van der Waals surface area (Å²) in [6.07, 6.45) is 3.14. The molecule has 1 unspecified atom stereocenters. The van der Waals surface area contributed by atoms with Gasteiger partial charge in [-0.1, -0.05) is 68.2 Å². The molecule has 1 saturated heterocycles. The molecule has 1 aliphatic heterocycles. The summed E-state index contributed by atoms with van der Waals surface area (Å²) in [5.74, 6) is 1.44. The molecule has 0 amide bonds. The molecular weight excluding hydrogens is 457 g/mol. The van der Waals surface area contributed by atoms with Crippen molar-refractivity contribution in [2.24, 2.45) is 5.92 Å². The molecule has 1 heterocycles. The summed E-state index contributed by atoms with van der Waals surface area (Å²) in [5, 5.41) is 23.0. The Bertz CT molecular complexity index is 774. The molecule has 5 nitrogen and oxygen atoms in total. The van der Waals surface area contributed by atoms with Gasteiger partial charge in [0.15, 0.2) is 5.78 Å². The number of hydrogen-bond donors (Lipinski definition) is 3. The molecule has 0 radical (unpaired) electrons. The summed E-state index contributed by atoms with van der Waals surface area (Å²) in [6, 6.07) is 3.72. The number of amidine groups is 1. The Labute approximate surface area is 213 Å². The van der Waals surface area contributed by atoms with Crippen LogP contribution in [0.25, 0.3) is 0 Å². The minimum absolute atomic E-state index is 0. The van der Waals surface area contributed by atoms with E-state index >= 15 is 0 Å². The van der Waals surface area contributed by atoms with Crippen molar-refractivity contribution in [1.29, 1.82) is 5.41 Å². The van der Waals surface area contributed by atoms with Crippen LogP contribution in [0.1, 0.15) is 96.1 Å². The molecule has 0 spiro atoms. The molecular formula is C26H45Cl2N3O2. The van der Waals surface area contributed by atoms with E-state index in [4.69, 9.17) is 5.41 Å². The fourth-order valence-corrected chi connectivity index (χ4v) is 4.22. The second kappa shape index (κ2) is 12.4. The largest absolute Gasteiger partial charge is 0.507 e. The number of phenols is 1. The standard InChI is InChI=1S/C26H43N3O2.2ClH/c1-9-17(10-2)15-28-21-11-12-29(24(21)27)16-22(30)18-13-19(25(3,4)5)23(31)20(14-18)26(6,7)8;;/h13-14,17,21,27-28,31H,9-12,15-16H2,1-8H3;2*1H. The molecule has 7 heteroatoms. The molecule has 1 atom stereocenters. The number of Topliss-reactive ketones (excluding diaryl/α,β-unsaturated/α-hetero) is 1. The number of benzene rings is 1. The van der Waals surface area contributed by atoms with Gasteiger partial charge in [-0.3, -0.25) is 10.2 Å². The summed E-state index contributed by atoms with van der Waals surface area (Å²) >= 11 is 0. The predicted molar refractivity (Wildman–Crippen MR) is 144 cm³/mol. The summed E-state index contributed by atoms with van der Waals surface area (Å²) in [7, 11) is 0. The van der Waals surface area contributed by atoms with Gasteiger partial charge in [-0.15, -0.1) is 24.8 Å². The molecule has 3 N–H and O–H groups in total. The molecule has 1 aliphatic rings. The normalized spacial score (nSPS) is 16.6. The van der Waals surface area contributed by atoms with Crippen molar-refractivity contribution in [2.75, 3.05) is 19.6 Å². The van der Waals surface area contributed by atoms with Crippen LogP contribution in [0.4, 0.5) is 0 Å². The van der Waals surface area contributed by atoms with E-state index in [0.717, 1.165) is 43.5 Å². The molecule has 0 bridgehead atoms. The van der Waals surface area contributed by atoms with Gasteiger partial charge in [-0.05, 0) is 41.8 Å². The maximum Gasteiger partial charge on any atom is 0.182 e. The molecule has 0 aliphatic carbocycles. The molecule has 0 aromatic heterocycles. The molecule has 190 valence electrons. The zero-order valence-electron chi connectivity index (χ0n) is 21.7. The fraction of sp³-hybridized carbons (Fsp3) is 0.692. The van der Waals surface area contributed by atoms with Crippen molar-refractivity contribution >= 4 is 36.4 Å². The van der Waals surface area contributed by atoms with Crippen LogP contribution in [0.2, 0.25) is 0 Å². The Morgan fingerprint density at radius 2 is 1.58 bits per heavy atom. The van der Waals surface area contributed by atoms with E-state index in [2.05, 4.69) is 60.7 Å². The summed E-state index contributed by atoms with van der Waals surface area (Å²) in [4.78, 5) is 15.1. The van der Waals surface area contributed by atoms with E-state index in [9.17, 15) is 9.90 Å². The predicted octanol–water partition coefficient (Wildman–Crippen LogP) is 6.09. The highest BCUT2D eigenvalue weighted by molar-refractivity contribution is 6.01. The van der Waals surface area contributed by atoms with Crippen LogP contribution in [0.5, 0.6) is 5.75 Å². The lowest BCUT2D eigenvalue weighted by Gasteiger charge is -2.28. The lowest BCUT2D eigenvalue weighted by atomic mass is 9.78. The van der Waals surface area contributed by atoms with Crippen LogP contribution in [0, 0.1) is 11.3 Å². The Morgan fingerprint density at radius 3 is 2.00 bits per heavy atom. The highest BCUT2D eigenvalue weighted by Gasteiger charge is 2.31. The second-order valence-electron chi connectivity index (χ2n) is 11.1. The number of aromatic hydroxyl groups is 1. The highest BCUT2D eigenvalue weighted by atomic mass is 35.5. The summed E-state index contributed by atoms with van der Waals surface area (Å²) in [5.41, 5.74) is 1.67. The first kappa shape index (κ1) is 31.7. The Morgan fingerprint density at radius 1 is 1.09 bits per heavy atom. The summed E-state index contributed by atoms with van der Waals surface area (Å²) in [6.45, 7) is 18.6. The van der Waals surface area contributed by atoms with Gasteiger partial charge in [0.25, 0.3) is 0 Å². The third kappa shape index (κ3) is 7.87. The first-order valence-corrected chi connectivity index (χ1v) is 11.8. The second-order valence-corrected chi connectivity index (χ2v) is 11.1. The molecule has 33 heavy (non-hydrogen) atoms. The number of carbonyl (C=O) groups is 1. The minimum atomic E-state index is -0.273. The van der Waals surface area contributed by atoms with Crippen molar-refractivity contribution in [3.8, 4) is 5.75 Å². The fourth-order valence-electron chi connectivity index (χ4n) is 4.22. The van der Waals surface area contributed by atoms with Crippen molar-refractivity contribution in [3.63, 3.8) is 0 Å². The van der Waals surface area contributed by atoms with Crippen LogP contribution in [0.3, 0.4) is 0 Å². The van der Waals surface area contributed by atoms with Crippen LogP contribution in [-0.2, 0) is 10.8 Å². The number of phenolic OH excluding ortho intramolecular Hbond substituents is 1. The van der Waals surface area contributed by atoms with E-state index in [1.54, 1.807) is 0 Å². The topological polar surface area (TPSA) is 76.4 Å². The average molecular weight is 503 g/mol. The smallest absolute Gasteiger partial charge is 0.182 e. The maximum atomic E-state index is 13.2. The van der Waals surface area contributed by atoms with E-state index in [-0.39, 0.29) is 59.8 Å². The third-order valence-corrected chi connectivity index (χ3v) is 6.55. The number of likely N-dealkylation sites (tertiary alicyclic amines) is 1. The zero-order chi connectivity index (χ0) is 23.6. The van der Waals surface area contributed by atoms with Crippen molar-refractivity contribution in [1.82, 2.24) is 10.2 Å². The number of ketones is 1. The highest BCUT2D eigenvalue weighted by Crippen LogP contribution is 2.40. The van der Waals surface area contributed by atoms with E-state index in [1.165, 1.54) is 0 Å². The first-order valence-electron chi connectivity index (χ1n) is 11.8. The van der Waals surface area contributed by atoms with E-state index < -0.39 is 0 Å². The quantitative estimate of drug-likeness (QED) is 0.376. The van der Waals surface area contributed by atoms with Gasteiger partial charge in [-0.25, -0.2) is 0 Å². The van der Waals surface area contributed by atoms with Gasteiger partial charge in [0.05, 0.1) is 12.6 Å². The van der Waals surface area contributed by atoms with Crippen LogP contribution in [0.15, 0.2) is 12.1 Å². The monoisotopic (exact) mass is 501 g/mol. The molecule has 1 aromatic rings. The average Bonchev–Trinajstić information content (AvgIpc) is 3.00. The van der Waals surface area contributed by atoms with Crippen molar-refractivity contribution in [2.45, 2.75) is 91.5 Å². The number of rotatable bonds is 8. The van der Waals surface area contributed by atoms with E-state index in [0.29, 0.717) is 17.3 Å². The van der Waals surface area contributed by atoms with Gasteiger partial charge in [0.2, 0.25) is 0 Å². The Kier molecular flexibility index (Phi) is 11.9. The lowest BCUT2D eigenvalue weighted by molar-refractivity contribution is 0.0965. The van der Waals surface area contributed by atoms with Gasteiger partial charge in [0, 0.05) is 23.2 Å². The molecule has 1 aromatic carbocycles. The van der Waals surface area contributed by atoms with Crippen molar-refractivity contribution in [3.05, 3.63) is 28.8 Å². The molecule has 1 fully saturated rings. The third-order valence-electron chi connectivity index (χ3n) is 6.55. The number of nitrogens with one attached hydrogen (secondary N) is 2. The van der Waals surface area contributed by atoms with Gasteiger partial charge in [0.1, 0.15) is 11.6 Å². The number of hydrogen-bond acceptors (Lipinski definition) is 4. The van der Waals surface area contributed by atoms with Gasteiger partial charge in [-0.2, -0.15) is 0 Å². The lowest BCUT2D eigenvalue weighted by Crippen LogP contribution is -2.41. The van der Waals surface area contributed by atoms with Gasteiger partial charge >= 0.3 is 0 Å². The van der Waals surface area contributed by atoms with Crippen LogP contribution >= 0.6 is 24.8 Å². The maximum absolute atomic E-state index is 13.2. The SMILES string of the molecule is CCC(CC)CNC1CCN(CC(=O)c2cc(C(C)(C)C)c(O)c(C(C)(C)C)c2)C1=N.Cl.Cl. The van der Waals surface area contributed by atoms with Crippen LogP contribution < -0.4 is 5.32 Å². The molecule has 0 saturated carbocycles. The molecule has 2 rings (SSSR count). The van der Waals surface area contributed by atoms with Gasteiger partial charge < -0.3 is 15.3 Å². The zero-order valence-corrected chi connectivity index (χ0v) is 23.3. The number of halogens is 2. The first-order chi connectivity index (χ1) is 14.3. The number of carbonyl (C=O) groups excluding carboxylic acids is 1.